The van der Waals surface area contributed by atoms with Crippen LogP contribution in [0.5, 0.6) is 0 Å². The summed E-state index contributed by atoms with van der Waals surface area (Å²) in [7, 11) is 1.48. The van der Waals surface area contributed by atoms with Gasteiger partial charge in [0, 0.05) is 20.1 Å². The van der Waals surface area contributed by atoms with Crippen molar-refractivity contribution in [2.45, 2.75) is 20.8 Å². The maximum atomic E-state index is 12.0. The highest BCUT2D eigenvalue weighted by atomic mass is 16.5. The Morgan fingerprint density at radius 3 is 2.26 bits per heavy atom. The fourth-order valence-corrected chi connectivity index (χ4v) is 1.46. The van der Waals surface area contributed by atoms with Gasteiger partial charge in [-0.15, -0.1) is 0 Å². The first-order valence-corrected chi connectivity index (χ1v) is 6.21. The maximum Gasteiger partial charge on any atom is 0.325 e. The van der Waals surface area contributed by atoms with Crippen LogP contribution in [0.2, 0.25) is 0 Å². The van der Waals surface area contributed by atoms with Gasteiger partial charge in [-0.05, 0) is 13.8 Å². The lowest BCUT2D eigenvalue weighted by Crippen LogP contribution is -2.45. The normalized spacial score (nSPS) is 11.6. The fraction of sp³-hybridized carbons (Fsp3) is 0.750. The van der Waals surface area contributed by atoms with E-state index in [1.807, 2.05) is 0 Å². The number of amides is 2. The summed E-state index contributed by atoms with van der Waals surface area (Å²) in [6.45, 7) is 5.57. The van der Waals surface area contributed by atoms with Gasteiger partial charge in [0.15, 0.2) is 0 Å². The van der Waals surface area contributed by atoms with Crippen LogP contribution in [0.1, 0.15) is 20.8 Å². The van der Waals surface area contributed by atoms with Crippen molar-refractivity contribution in [3.63, 3.8) is 0 Å². The van der Waals surface area contributed by atoms with Crippen LogP contribution in [0.3, 0.4) is 0 Å². The molecule has 7 nitrogen and oxygen atoms in total. The molecule has 0 aromatic heterocycles. The summed E-state index contributed by atoms with van der Waals surface area (Å²) in [5.41, 5.74) is 0. The summed E-state index contributed by atoms with van der Waals surface area (Å²) in [5.74, 6) is -2.10. The number of hydrogen-bond donors (Lipinski definition) is 1. The van der Waals surface area contributed by atoms with Crippen molar-refractivity contribution < 1.29 is 24.2 Å². The molecule has 1 unspecified atom stereocenters. The Morgan fingerprint density at radius 2 is 1.84 bits per heavy atom. The Hall–Kier alpha value is -1.79. The van der Waals surface area contributed by atoms with E-state index in [1.54, 1.807) is 13.8 Å². The second-order valence-corrected chi connectivity index (χ2v) is 4.22. The third-order valence-corrected chi connectivity index (χ3v) is 2.57. The molecule has 0 aromatic rings. The minimum absolute atomic E-state index is 0.109. The fourth-order valence-electron chi connectivity index (χ4n) is 1.46. The Morgan fingerprint density at radius 1 is 1.26 bits per heavy atom. The summed E-state index contributed by atoms with van der Waals surface area (Å²) >= 11 is 0. The molecule has 0 saturated heterocycles. The number of carboxylic acids is 1. The average Bonchev–Trinajstić information content (AvgIpc) is 2.34. The number of carbonyl (C=O) groups is 3. The molecule has 0 aliphatic rings. The number of nitrogens with zero attached hydrogens (tertiary/aromatic N) is 2. The molecule has 0 spiro atoms. The number of rotatable bonds is 7. The van der Waals surface area contributed by atoms with Crippen LogP contribution in [-0.2, 0) is 14.3 Å². The molecule has 0 bridgehead atoms. The highest BCUT2D eigenvalue weighted by molar-refractivity contribution is 5.81. The predicted molar refractivity (Wildman–Crippen MR) is 68.7 cm³/mol. The van der Waals surface area contributed by atoms with Gasteiger partial charge in [-0.25, -0.2) is 4.79 Å². The smallest absolute Gasteiger partial charge is 0.325 e. The average molecular weight is 274 g/mol. The van der Waals surface area contributed by atoms with Crippen LogP contribution < -0.4 is 0 Å². The van der Waals surface area contributed by atoms with Crippen LogP contribution in [0, 0.1) is 5.92 Å². The van der Waals surface area contributed by atoms with Gasteiger partial charge in [0.25, 0.3) is 0 Å². The molecule has 110 valence electrons. The quantitative estimate of drug-likeness (QED) is 0.688. The van der Waals surface area contributed by atoms with E-state index in [0.717, 1.165) is 0 Å². The molecule has 2 amide bonds. The number of esters is 1. The Labute approximate surface area is 113 Å². The van der Waals surface area contributed by atoms with Gasteiger partial charge in [-0.3, -0.25) is 9.59 Å². The van der Waals surface area contributed by atoms with Crippen LogP contribution in [0.4, 0.5) is 4.79 Å². The van der Waals surface area contributed by atoms with Crippen molar-refractivity contribution in [1.82, 2.24) is 9.80 Å². The van der Waals surface area contributed by atoms with Crippen LogP contribution in [-0.4, -0.2) is 66.2 Å². The zero-order chi connectivity index (χ0) is 15.0. The number of urea groups is 1. The van der Waals surface area contributed by atoms with E-state index in [1.165, 1.54) is 23.8 Å². The lowest BCUT2D eigenvalue weighted by Gasteiger charge is -2.27. The molecule has 7 heteroatoms. The molecule has 0 heterocycles. The molecule has 0 aliphatic heterocycles. The molecule has 1 atom stereocenters. The summed E-state index contributed by atoms with van der Waals surface area (Å²) < 4.78 is 4.75. The van der Waals surface area contributed by atoms with Gasteiger partial charge < -0.3 is 19.6 Å². The van der Waals surface area contributed by atoms with E-state index < -0.39 is 17.9 Å². The van der Waals surface area contributed by atoms with Gasteiger partial charge in [0.1, 0.15) is 6.54 Å². The minimum atomic E-state index is -0.959. The van der Waals surface area contributed by atoms with E-state index in [2.05, 4.69) is 0 Å². The Bertz CT molecular complexity index is 332. The molecular formula is C12H22N2O5. The van der Waals surface area contributed by atoms with Crippen molar-refractivity contribution in [3.8, 4) is 0 Å². The van der Waals surface area contributed by atoms with Gasteiger partial charge in [-0.2, -0.15) is 0 Å². The predicted octanol–water partition coefficient (Wildman–Crippen LogP) is 0.644. The molecule has 0 saturated carbocycles. The van der Waals surface area contributed by atoms with Crippen molar-refractivity contribution in [1.29, 1.82) is 0 Å². The van der Waals surface area contributed by atoms with Crippen molar-refractivity contribution in [2.24, 2.45) is 5.92 Å². The summed E-state index contributed by atoms with van der Waals surface area (Å²) in [6.07, 6.45) is 0. The Kier molecular flexibility index (Phi) is 7.55. The third kappa shape index (κ3) is 6.08. The van der Waals surface area contributed by atoms with Crippen molar-refractivity contribution in [3.05, 3.63) is 0 Å². The molecule has 0 rings (SSSR count). The maximum absolute atomic E-state index is 12.0. The second kappa shape index (κ2) is 8.34. The van der Waals surface area contributed by atoms with Crippen molar-refractivity contribution in [2.75, 3.05) is 33.3 Å². The number of hydrogen-bond acceptors (Lipinski definition) is 4. The first kappa shape index (κ1) is 17.2. The zero-order valence-corrected chi connectivity index (χ0v) is 11.9. The van der Waals surface area contributed by atoms with Gasteiger partial charge in [0.05, 0.1) is 12.5 Å². The second-order valence-electron chi connectivity index (χ2n) is 4.22. The summed E-state index contributed by atoms with van der Waals surface area (Å²) in [4.78, 5) is 36.7. The topological polar surface area (TPSA) is 87.2 Å². The number of likely N-dealkylation sites (N-methyl/N-ethyl adjacent to an activating group) is 1. The highest BCUT2D eigenvalue weighted by Crippen LogP contribution is 2.04. The zero-order valence-electron chi connectivity index (χ0n) is 11.9. The van der Waals surface area contributed by atoms with Gasteiger partial charge in [0.2, 0.25) is 0 Å². The van der Waals surface area contributed by atoms with Gasteiger partial charge >= 0.3 is 18.0 Å². The number of carbonyl (C=O) groups excluding carboxylic acids is 2. The summed E-state index contributed by atoms with van der Waals surface area (Å²) in [5, 5.41) is 8.84. The van der Waals surface area contributed by atoms with E-state index in [0.29, 0.717) is 6.54 Å². The van der Waals surface area contributed by atoms with E-state index in [-0.39, 0.29) is 25.7 Å². The largest absolute Gasteiger partial charge is 0.481 e. The number of aliphatic carboxylic acids is 1. The number of carboxylic acid groups (broad SMARTS) is 1. The van der Waals surface area contributed by atoms with Gasteiger partial charge in [-0.1, -0.05) is 6.92 Å². The monoisotopic (exact) mass is 274 g/mol. The third-order valence-electron chi connectivity index (χ3n) is 2.57. The molecule has 0 aliphatic carbocycles. The SMILES string of the molecule is CCOC(=O)CN(C)C(=O)N(CC)CC(C)C(=O)O. The molecule has 1 N–H and O–H groups in total. The molecule has 0 aromatic carbocycles. The first-order valence-electron chi connectivity index (χ1n) is 6.21. The van der Waals surface area contributed by atoms with E-state index in [9.17, 15) is 14.4 Å². The first-order chi connectivity index (χ1) is 8.83. The Balaban J connectivity index is 4.48. The van der Waals surface area contributed by atoms with E-state index >= 15 is 0 Å². The van der Waals surface area contributed by atoms with Crippen LogP contribution in [0.25, 0.3) is 0 Å². The lowest BCUT2D eigenvalue weighted by atomic mass is 10.2. The molecular weight excluding hydrogens is 252 g/mol. The van der Waals surface area contributed by atoms with E-state index in [4.69, 9.17) is 9.84 Å². The molecule has 0 radical (unpaired) electrons. The van der Waals surface area contributed by atoms with Crippen molar-refractivity contribution >= 4 is 18.0 Å². The molecule has 19 heavy (non-hydrogen) atoms. The highest BCUT2D eigenvalue weighted by Gasteiger charge is 2.23. The standard InChI is InChI=1S/C12H22N2O5/c1-5-14(7-9(3)11(16)17)12(18)13(4)8-10(15)19-6-2/h9H,5-8H2,1-4H3,(H,16,17). The summed E-state index contributed by atoms with van der Waals surface area (Å²) in [6, 6.07) is -0.386. The molecule has 0 fully saturated rings. The minimum Gasteiger partial charge on any atom is -0.481 e. The van der Waals surface area contributed by atoms with Crippen LogP contribution >= 0.6 is 0 Å². The lowest BCUT2D eigenvalue weighted by molar-refractivity contribution is -0.144. The van der Waals surface area contributed by atoms with Crippen LogP contribution in [0.15, 0.2) is 0 Å². The number of ether oxygens (including phenoxy) is 1.